The molecule has 0 N–H and O–H groups in total. The standard InChI is InChI=1S/C20H23NO4S/c1-15-12-16(2)14-21(13-15)26(23,24)19-10-8-17(9-11-19)20(22)25-18-6-4-3-5-7-18/h3-11,15-16H,12-14H2,1-2H3. The minimum absolute atomic E-state index is 0.204. The van der Waals surface area contributed by atoms with Gasteiger partial charge < -0.3 is 4.74 Å². The molecule has 1 saturated heterocycles. The number of para-hydroxylation sites is 1. The minimum Gasteiger partial charge on any atom is -0.423 e. The average molecular weight is 373 g/mol. The number of carbonyl (C=O) groups excluding carboxylic acids is 1. The summed E-state index contributed by atoms with van der Waals surface area (Å²) >= 11 is 0. The number of ether oxygens (including phenoxy) is 1. The number of hydrogen-bond donors (Lipinski definition) is 0. The highest BCUT2D eigenvalue weighted by atomic mass is 32.2. The second-order valence-corrected chi connectivity index (χ2v) is 8.93. The van der Waals surface area contributed by atoms with Gasteiger partial charge in [-0.3, -0.25) is 0 Å². The molecule has 0 bridgehead atoms. The summed E-state index contributed by atoms with van der Waals surface area (Å²) in [5.74, 6) is 0.619. The second-order valence-electron chi connectivity index (χ2n) is 7.00. The van der Waals surface area contributed by atoms with Crippen LogP contribution in [0.25, 0.3) is 0 Å². The van der Waals surface area contributed by atoms with Gasteiger partial charge in [0.05, 0.1) is 10.5 Å². The van der Waals surface area contributed by atoms with E-state index in [0.717, 1.165) is 6.42 Å². The molecule has 0 aliphatic carbocycles. The third-order valence-electron chi connectivity index (χ3n) is 4.52. The van der Waals surface area contributed by atoms with Crippen molar-refractivity contribution in [1.82, 2.24) is 4.31 Å². The van der Waals surface area contributed by atoms with Crippen molar-refractivity contribution < 1.29 is 17.9 Å². The van der Waals surface area contributed by atoms with Crippen molar-refractivity contribution in [3.63, 3.8) is 0 Å². The van der Waals surface area contributed by atoms with Crippen LogP contribution in [0.2, 0.25) is 0 Å². The van der Waals surface area contributed by atoms with E-state index in [1.807, 2.05) is 6.07 Å². The van der Waals surface area contributed by atoms with Crippen LogP contribution in [0, 0.1) is 11.8 Å². The van der Waals surface area contributed by atoms with Gasteiger partial charge in [-0.05, 0) is 54.7 Å². The molecule has 1 aliphatic heterocycles. The Morgan fingerprint density at radius 1 is 0.962 bits per heavy atom. The highest BCUT2D eigenvalue weighted by molar-refractivity contribution is 7.89. The third kappa shape index (κ3) is 4.14. The van der Waals surface area contributed by atoms with Crippen molar-refractivity contribution in [3.8, 4) is 5.75 Å². The largest absolute Gasteiger partial charge is 0.423 e. The van der Waals surface area contributed by atoms with Gasteiger partial charge in [0.25, 0.3) is 0 Å². The summed E-state index contributed by atoms with van der Waals surface area (Å²) in [5, 5.41) is 0. The van der Waals surface area contributed by atoms with Gasteiger partial charge in [-0.1, -0.05) is 32.0 Å². The molecule has 0 radical (unpaired) electrons. The highest BCUT2D eigenvalue weighted by Gasteiger charge is 2.31. The normalized spacial score (nSPS) is 21.3. The van der Waals surface area contributed by atoms with Crippen LogP contribution in [0.5, 0.6) is 5.75 Å². The number of piperidine rings is 1. The molecule has 2 aromatic carbocycles. The molecule has 0 amide bonds. The van der Waals surface area contributed by atoms with Crippen molar-refractivity contribution in [2.24, 2.45) is 11.8 Å². The quantitative estimate of drug-likeness (QED) is 0.607. The maximum absolute atomic E-state index is 12.9. The lowest BCUT2D eigenvalue weighted by Crippen LogP contribution is -2.42. The summed E-state index contributed by atoms with van der Waals surface area (Å²) in [7, 11) is -3.55. The first-order valence-electron chi connectivity index (χ1n) is 8.73. The van der Waals surface area contributed by atoms with E-state index in [1.54, 1.807) is 28.6 Å². The fourth-order valence-corrected chi connectivity index (χ4v) is 5.05. The topological polar surface area (TPSA) is 63.7 Å². The van der Waals surface area contributed by atoms with Gasteiger partial charge in [-0.15, -0.1) is 0 Å². The van der Waals surface area contributed by atoms with Gasteiger partial charge in [0, 0.05) is 13.1 Å². The lowest BCUT2D eigenvalue weighted by molar-refractivity contribution is 0.0734. The summed E-state index contributed by atoms with van der Waals surface area (Å²) < 4.78 is 32.5. The van der Waals surface area contributed by atoms with Gasteiger partial charge in [0.2, 0.25) is 10.0 Å². The molecule has 2 atom stereocenters. The lowest BCUT2D eigenvalue weighted by Gasteiger charge is -2.34. The predicted molar refractivity (Wildman–Crippen MR) is 99.5 cm³/mol. The molecule has 1 aliphatic rings. The number of carbonyl (C=O) groups is 1. The van der Waals surface area contributed by atoms with Crippen LogP contribution in [-0.4, -0.2) is 31.8 Å². The molecule has 0 saturated carbocycles. The van der Waals surface area contributed by atoms with Gasteiger partial charge in [0.15, 0.2) is 0 Å². The van der Waals surface area contributed by atoms with Crippen molar-refractivity contribution in [2.75, 3.05) is 13.1 Å². The minimum atomic E-state index is -3.55. The van der Waals surface area contributed by atoms with E-state index in [0.29, 0.717) is 36.2 Å². The Bertz CT molecular complexity index is 852. The number of hydrogen-bond acceptors (Lipinski definition) is 4. The molecule has 2 unspecified atom stereocenters. The molecule has 1 fully saturated rings. The summed E-state index contributed by atoms with van der Waals surface area (Å²) in [6.45, 7) is 5.21. The molecule has 2 aromatic rings. The maximum Gasteiger partial charge on any atom is 0.343 e. The van der Waals surface area contributed by atoms with Crippen LogP contribution in [-0.2, 0) is 10.0 Å². The van der Waals surface area contributed by atoms with Crippen LogP contribution in [0.4, 0.5) is 0 Å². The van der Waals surface area contributed by atoms with E-state index in [1.165, 1.54) is 24.3 Å². The molecular weight excluding hydrogens is 350 g/mol. The summed E-state index contributed by atoms with van der Waals surface area (Å²) in [6, 6.07) is 14.7. The lowest BCUT2D eigenvalue weighted by atomic mass is 9.94. The molecule has 3 rings (SSSR count). The maximum atomic E-state index is 12.9. The zero-order valence-electron chi connectivity index (χ0n) is 15.0. The molecule has 0 spiro atoms. The first-order chi connectivity index (χ1) is 12.4. The zero-order valence-corrected chi connectivity index (χ0v) is 15.8. The fraction of sp³-hybridized carbons (Fsp3) is 0.350. The molecular formula is C20H23NO4S. The Balaban J connectivity index is 1.75. The number of sulfonamides is 1. The van der Waals surface area contributed by atoms with Crippen LogP contribution in [0.1, 0.15) is 30.6 Å². The van der Waals surface area contributed by atoms with Crippen molar-refractivity contribution in [3.05, 3.63) is 60.2 Å². The SMILES string of the molecule is CC1CC(C)CN(S(=O)(=O)c2ccc(C(=O)Oc3ccccc3)cc2)C1. The van der Waals surface area contributed by atoms with Gasteiger partial charge >= 0.3 is 5.97 Å². The summed E-state index contributed by atoms with van der Waals surface area (Å²) in [6.07, 6.45) is 1.04. The predicted octanol–water partition coefficient (Wildman–Crippen LogP) is 3.57. The van der Waals surface area contributed by atoms with Crippen LogP contribution < -0.4 is 4.74 Å². The van der Waals surface area contributed by atoms with Crippen molar-refractivity contribution >= 4 is 16.0 Å². The average Bonchev–Trinajstić information content (AvgIpc) is 2.62. The smallest absolute Gasteiger partial charge is 0.343 e. The summed E-state index contributed by atoms with van der Waals surface area (Å²) in [4.78, 5) is 12.4. The second kappa shape index (κ2) is 7.60. The number of rotatable bonds is 4. The summed E-state index contributed by atoms with van der Waals surface area (Å²) in [5.41, 5.74) is 0.313. The first-order valence-corrected chi connectivity index (χ1v) is 10.2. The van der Waals surface area contributed by atoms with E-state index in [-0.39, 0.29) is 4.90 Å². The Morgan fingerprint density at radius 2 is 1.54 bits per heavy atom. The highest BCUT2D eigenvalue weighted by Crippen LogP contribution is 2.26. The Morgan fingerprint density at radius 3 is 2.12 bits per heavy atom. The van der Waals surface area contributed by atoms with Crippen molar-refractivity contribution in [2.45, 2.75) is 25.2 Å². The van der Waals surface area contributed by atoms with Crippen LogP contribution in [0.15, 0.2) is 59.5 Å². The molecule has 138 valence electrons. The molecule has 6 heteroatoms. The van der Waals surface area contributed by atoms with E-state index in [2.05, 4.69) is 13.8 Å². The number of benzene rings is 2. The van der Waals surface area contributed by atoms with E-state index < -0.39 is 16.0 Å². The molecule has 26 heavy (non-hydrogen) atoms. The van der Waals surface area contributed by atoms with Crippen LogP contribution in [0.3, 0.4) is 0 Å². The van der Waals surface area contributed by atoms with E-state index >= 15 is 0 Å². The molecule has 1 heterocycles. The van der Waals surface area contributed by atoms with Gasteiger partial charge in [0.1, 0.15) is 5.75 Å². The monoisotopic (exact) mass is 373 g/mol. The van der Waals surface area contributed by atoms with Crippen LogP contribution >= 0.6 is 0 Å². The molecule has 0 aromatic heterocycles. The number of nitrogens with zero attached hydrogens (tertiary/aromatic N) is 1. The Kier molecular flexibility index (Phi) is 5.44. The van der Waals surface area contributed by atoms with E-state index in [4.69, 9.17) is 4.74 Å². The van der Waals surface area contributed by atoms with E-state index in [9.17, 15) is 13.2 Å². The molecule has 5 nitrogen and oxygen atoms in total. The first kappa shape index (κ1) is 18.6. The fourth-order valence-electron chi connectivity index (χ4n) is 3.37. The van der Waals surface area contributed by atoms with Crippen molar-refractivity contribution in [1.29, 1.82) is 0 Å². The number of esters is 1. The third-order valence-corrected chi connectivity index (χ3v) is 6.36. The van der Waals surface area contributed by atoms with Gasteiger partial charge in [-0.25, -0.2) is 13.2 Å². The Hall–Kier alpha value is -2.18. The zero-order chi connectivity index (χ0) is 18.7. The Labute approximate surface area is 154 Å². The van der Waals surface area contributed by atoms with Gasteiger partial charge in [-0.2, -0.15) is 4.31 Å².